The van der Waals surface area contributed by atoms with Gasteiger partial charge in [0.2, 0.25) is 15.9 Å². The number of hydrogen-bond donors (Lipinski definition) is 3. The first-order valence-corrected chi connectivity index (χ1v) is 7.66. The number of rotatable bonds is 6. The van der Waals surface area contributed by atoms with Crippen molar-refractivity contribution >= 4 is 15.9 Å². The quantitative estimate of drug-likeness (QED) is 0.576. The van der Waals surface area contributed by atoms with Crippen molar-refractivity contribution in [2.24, 2.45) is 5.92 Å². The lowest BCUT2D eigenvalue weighted by molar-refractivity contribution is -0.125. The molecule has 6 nitrogen and oxygen atoms in total. The topological polar surface area (TPSA) is 87.3 Å². The van der Waals surface area contributed by atoms with E-state index in [9.17, 15) is 13.2 Å². The molecule has 1 aliphatic rings. The Morgan fingerprint density at radius 2 is 2.24 bits per heavy atom. The summed E-state index contributed by atoms with van der Waals surface area (Å²) in [5.74, 6) is -0.137. The van der Waals surface area contributed by atoms with Crippen LogP contribution in [-0.2, 0) is 14.8 Å². The van der Waals surface area contributed by atoms with Crippen molar-refractivity contribution in [2.45, 2.75) is 19.8 Å². The minimum atomic E-state index is -3.24. The zero-order chi connectivity index (χ0) is 12.7. The molecule has 1 heterocycles. The fraction of sp³-hybridized carbons (Fsp3) is 0.900. The van der Waals surface area contributed by atoms with E-state index in [1.165, 1.54) is 0 Å². The number of piperidine rings is 1. The van der Waals surface area contributed by atoms with E-state index in [1.807, 2.05) is 0 Å². The van der Waals surface area contributed by atoms with Gasteiger partial charge in [0.25, 0.3) is 0 Å². The predicted octanol–water partition coefficient (Wildman–Crippen LogP) is -0.958. The fourth-order valence-corrected chi connectivity index (χ4v) is 2.78. The number of sulfonamides is 1. The Bertz CT molecular complexity index is 337. The Balaban J connectivity index is 2.24. The van der Waals surface area contributed by atoms with Crippen LogP contribution in [0.1, 0.15) is 19.8 Å². The smallest absolute Gasteiger partial charge is 0.224 e. The van der Waals surface area contributed by atoms with Gasteiger partial charge in [-0.3, -0.25) is 4.79 Å². The molecule has 0 bridgehead atoms. The Labute approximate surface area is 103 Å². The average Bonchev–Trinajstić information content (AvgIpc) is 2.29. The Morgan fingerprint density at radius 1 is 1.47 bits per heavy atom. The molecular weight excluding hydrogens is 242 g/mol. The molecule has 0 aliphatic carbocycles. The highest BCUT2D eigenvalue weighted by molar-refractivity contribution is 7.89. The van der Waals surface area contributed by atoms with Gasteiger partial charge in [-0.05, 0) is 19.4 Å². The summed E-state index contributed by atoms with van der Waals surface area (Å²) in [6.45, 7) is 3.92. The molecule has 1 saturated heterocycles. The molecule has 7 heteroatoms. The Morgan fingerprint density at radius 3 is 2.82 bits per heavy atom. The summed E-state index contributed by atoms with van der Waals surface area (Å²) in [6, 6.07) is 0. The monoisotopic (exact) mass is 263 g/mol. The van der Waals surface area contributed by atoms with Crippen LogP contribution >= 0.6 is 0 Å². The number of amides is 1. The van der Waals surface area contributed by atoms with Crippen LogP contribution in [0.4, 0.5) is 0 Å². The molecule has 1 amide bonds. The second-order valence-electron chi connectivity index (χ2n) is 4.15. The number of carbonyl (C=O) groups is 1. The van der Waals surface area contributed by atoms with E-state index in [4.69, 9.17) is 0 Å². The Hall–Kier alpha value is -0.660. The van der Waals surface area contributed by atoms with Crippen molar-refractivity contribution in [2.75, 3.05) is 31.9 Å². The molecule has 1 rings (SSSR count). The van der Waals surface area contributed by atoms with Crippen LogP contribution in [0.5, 0.6) is 0 Å². The van der Waals surface area contributed by atoms with Crippen molar-refractivity contribution in [1.82, 2.24) is 15.4 Å². The highest BCUT2D eigenvalue weighted by atomic mass is 32.2. The van der Waals surface area contributed by atoms with E-state index >= 15 is 0 Å². The molecule has 0 unspecified atom stereocenters. The van der Waals surface area contributed by atoms with Crippen LogP contribution in [0.3, 0.4) is 0 Å². The fourth-order valence-electron chi connectivity index (χ4n) is 1.82. The molecule has 0 saturated carbocycles. The van der Waals surface area contributed by atoms with E-state index in [-0.39, 0.29) is 24.1 Å². The lowest BCUT2D eigenvalue weighted by atomic mass is 9.99. The van der Waals surface area contributed by atoms with Crippen molar-refractivity contribution in [3.63, 3.8) is 0 Å². The number of hydrogen-bond acceptors (Lipinski definition) is 4. The van der Waals surface area contributed by atoms with Gasteiger partial charge in [0.05, 0.1) is 11.7 Å². The summed E-state index contributed by atoms with van der Waals surface area (Å²) in [5, 5.41) is 5.82. The van der Waals surface area contributed by atoms with Gasteiger partial charge in [0, 0.05) is 19.6 Å². The molecule has 0 radical (unpaired) electrons. The van der Waals surface area contributed by atoms with E-state index in [0.29, 0.717) is 13.1 Å². The van der Waals surface area contributed by atoms with Gasteiger partial charge < -0.3 is 10.6 Å². The first-order chi connectivity index (χ1) is 8.05. The molecule has 0 aromatic heterocycles. The predicted molar refractivity (Wildman–Crippen MR) is 66.1 cm³/mol. The molecule has 100 valence electrons. The van der Waals surface area contributed by atoms with Gasteiger partial charge in [-0.25, -0.2) is 13.1 Å². The van der Waals surface area contributed by atoms with Crippen LogP contribution < -0.4 is 15.4 Å². The maximum Gasteiger partial charge on any atom is 0.224 e. The van der Waals surface area contributed by atoms with Crippen molar-refractivity contribution in [3.05, 3.63) is 0 Å². The summed E-state index contributed by atoms with van der Waals surface area (Å²) < 4.78 is 25.0. The lowest BCUT2D eigenvalue weighted by Crippen LogP contribution is -2.42. The summed E-state index contributed by atoms with van der Waals surface area (Å²) in [6.07, 6.45) is 1.87. The van der Waals surface area contributed by atoms with E-state index in [2.05, 4.69) is 15.4 Å². The highest BCUT2D eigenvalue weighted by Gasteiger charge is 2.20. The third-order valence-corrected chi connectivity index (χ3v) is 4.17. The van der Waals surface area contributed by atoms with Crippen LogP contribution in [0.2, 0.25) is 0 Å². The summed E-state index contributed by atoms with van der Waals surface area (Å²) in [4.78, 5) is 11.7. The maximum atomic E-state index is 11.7. The molecule has 0 aromatic carbocycles. The summed E-state index contributed by atoms with van der Waals surface area (Å²) in [7, 11) is -3.24. The normalized spacial score (nSPS) is 21.1. The third kappa shape index (κ3) is 5.47. The van der Waals surface area contributed by atoms with Crippen molar-refractivity contribution in [1.29, 1.82) is 0 Å². The van der Waals surface area contributed by atoms with Crippen LogP contribution in [-0.4, -0.2) is 46.3 Å². The van der Waals surface area contributed by atoms with Gasteiger partial charge in [0.15, 0.2) is 0 Å². The average molecular weight is 263 g/mol. The van der Waals surface area contributed by atoms with Gasteiger partial charge >= 0.3 is 0 Å². The second-order valence-corrected chi connectivity index (χ2v) is 6.08. The summed E-state index contributed by atoms with van der Waals surface area (Å²) >= 11 is 0. The third-order valence-electron chi connectivity index (χ3n) is 2.70. The highest BCUT2D eigenvalue weighted by Crippen LogP contribution is 2.09. The molecule has 1 aliphatic heterocycles. The summed E-state index contributed by atoms with van der Waals surface area (Å²) in [5.41, 5.74) is 0. The van der Waals surface area contributed by atoms with Gasteiger partial charge in [-0.15, -0.1) is 0 Å². The van der Waals surface area contributed by atoms with E-state index in [0.717, 1.165) is 19.4 Å². The molecule has 0 aromatic rings. The molecule has 1 fully saturated rings. The van der Waals surface area contributed by atoms with Crippen molar-refractivity contribution < 1.29 is 13.2 Å². The van der Waals surface area contributed by atoms with E-state index in [1.54, 1.807) is 6.92 Å². The maximum absolute atomic E-state index is 11.7. The van der Waals surface area contributed by atoms with Crippen LogP contribution in [0.25, 0.3) is 0 Å². The van der Waals surface area contributed by atoms with Crippen LogP contribution in [0, 0.1) is 5.92 Å². The minimum Gasteiger partial charge on any atom is -0.355 e. The zero-order valence-electron chi connectivity index (χ0n) is 10.2. The van der Waals surface area contributed by atoms with Crippen molar-refractivity contribution in [3.8, 4) is 0 Å². The molecule has 17 heavy (non-hydrogen) atoms. The minimum absolute atomic E-state index is 0.0226. The van der Waals surface area contributed by atoms with Crippen LogP contribution in [0.15, 0.2) is 0 Å². The first kappa shape index (κ1) is 14.4. The standard InChI is InChI=1S/C10H21N3O3S/c1-2-13-17(15,16)7-6-12-10(14)9-4-3-5-11-8-9/h9,11,13H,2-8H2,1H3,(H,12,14)/t9-/m0/s1. The van der Waals surface area contributed by atoms with Gasteiger partial charge in [-0.2, -0.15) is 0 Å². The second kappa shape index (κ2) is 6.93. The van der Waals surface area contributed by atoms with Gasteiger partial charge in [-0.1, -0.05) is 6.92 Å². The molecule has 3 N–H and O–H groups in total. The number of nitrogens with one attached hydrogen (secondary N) is 3. The van der Waals surface area contributed by atoms with Gasteiger partial charge in [0.1, 0.15) is 0 Å². The first-order valence-electron chi connectivity index (χ1n) is 6.01. The lowest BCUT2D eigenvalue weighted by Gasteiger charge is -2.21. The SMILES string of the molecule is CCNS(=O)(=O)CCNC(=O)[C@H]1CCCNC1. The number of carbonyl (C=O) groups excluding carboxylic acids is 1. The zero-order valence-corrected chi connectivity index (χ0v) is 11.0. The molecule has 1 atom stereocenters. The Kier molecular flexibility index (Phi) is 5.87. The van der Waals surface area contributed by atoms with E-state index < -0.39 is 10.0 Å². The molecular formula is C10H21N3O3S. The largest absolute Gasteiger partial charge is 0.355 e. The molecule has 0 spiro atoms.